The van der Waals surface area contributed by atoms with Crippen molar-refractivity contribution in [3.8, 4) is 0 Å². The molecule has 0 atom stereocenters. The minimum absolute atomic E-state index is 0.0860. The number of alkyl halides is 2. The van der Waals surface area contributed by atoms with Gasteiger partial charge in [-0.1, -0.05) is 0 Å². The summed E-state index contributed by atoms with van der Waals surface area (Å²) in [6.07, 6.45) is -0.545. The summed E-state index contributed by atoms with van der Waals surface area (Å²) >= 11 is 3.26. The Morgan fingerprint density at radius 2 is 1.94 bits per heavy atom. The second-order valence-corrected chi connectivity index (χ2v) is 5.24. The summed E-state index contributed by atoms with van der Waals surface area (Å²) in [4.78, 5) is 13.6. The molecule has 0 spiro atoms. The van der Waals surface area contributed by atoms with Gasteiger partial charge in [0.15, 0.2) is 0 Å². The van der Waals surface area contributed by atoms with Gasteiger partial charge in [0.1, 0.15) is 0 Å². The van der Waals surface area contributed by atoms with Crippen LogP contribution in [0, 0.1) is 0 Å². The Hall–Kier alpha value is -1.17. The normalized spacial score (nSPS) is 18.7. The molecule has 0 saturated carbocycles. The topological polar surface area (TPSA) is 46.3 Å². The summed E-state index contributed by atoms with van der Waals surface area (Å²) in [5.41, 5.74) is 6.59. The van der Waals surface area contributed by atoms with Crippen LogP contribution in [-0.4, -0.2) is 29.8 Å². The van der Waals surface area contributed by atoms with Crippen LogP contribution in [0.3, 0.4) is 0 Å². The highest BCUT2D eigenvalue weighted by Crippen LogP contribution is 2.29. The highest BCUT2D eigenvalue weighted by molar-refractivity contribution is 9.10. The van der Waals surface area contributed by atoms with E-state index < -0.39 is 5.92 Å². The number of likely N-dealkylation sites (tertiary alicyclic amines) is 1. The van der Waals surface area contributed by atoms with E-state index in [2.05, 4.69) is 15.9 Å². The number of hydrogen-bond donors (Lipinski definition) is 1. The van der Waals surface area contributed by atoms with E-state index in [9.17, 15) is 13.6 Å². The highest BCUT2D eigenvalue weighted by atomic mass is 79.9. The predicted octanol–water partition coefficient (Wildman–Crippen LogP) is 2.90. The fourth-order valence-corrected chi connectivity index (χ4v) is 2.48. The Balaban J connectivity index is 2.13. The third-order valence-corrected chi connectivity index (χ3v) is 3.66. The number of nitrogen functional groups attached to an aromatic ring is 1. The molecule has 2 N–H and O–H groups in total. The number of nitrogens with zero attached hydrogens (tertiary/aromatic N) is 1. The van der Waals surface area contributed by atoms with Crippen LogP contribution in [0.4, 0.5) is 14.5 Å². The maximum Gasteiger partial charge on any atom is 0.255 e. The summed E-state index contributed by atoms with van der Waals surface area (Å²) in [5.74, 6) is -2.88. The summed E-state index contributed by atoms with van der Waals surface area (Å²) in [6, 6.07) is 4.86. The van der Waals surface area contributed by atoms with E-state index in [1.807, 2.05) is 0 Å². The van der Waals surface area contributed by atoms with Crippen LogP contribution in [0.15, 0.2) is 22.7 Å². The second-order valence-electron chi connectivity index (χ2n) is 4.39. The van der Waals surface area contributed by atoms with Crippen molar-refractivity contribution in [1.82, 2.24) is 4.90 Å². The minimum atomic E-state index is -2.64. The quantitative estimate of drug-likeness (QED) is 0.809. The number of benzene rings is 1. The van der Waals surface area contributed by atoms with Crippen molar-refractivity contribution in [2.45, 2.75) is 18.8 Å². The molecule has 2 rings (SSSR count). The van der Waals surface area contributed by atoms with Gasteiger partial charge in [-0.15, -0.1) is 0 Å². The molecule has 6 heteroatoms. The zero-order valence-electron chi connectivity index (χ0n) is 9.63. The monoisotopic (exact) mass is 318 g/mol. The first kappa shape index (κ1) is 13.3. The van der Waals surface area contributed by atoms with Crippen LogP contribution >= 0.6 is 15.9 Å². The molecule has 1 aromatic rings. The fourth-order valence-electron chi connectivity index (χ4n) is 1.91. The molecular weight excluding hydrogens is 306 g/mol. The molecule has 0 aliphatic carbocycles. The van der Waals surface area contributed by atoms with Gasteiger partial charge in [-0.05, 0) is 34.1 Å². The molecule has 1 amide bonds. The van der Waals surface area contributed by atoms with Gasteiger partial charge in [-0.2, -0.15) is 0 Å². The molecule has 0 bridgehead atoms. The van der Waals surface area contributed by atoms with Crippen molar-refractivity contribution in [1.29, 1.82) is 0 Å². The first-order valence-electron chi connectivity index (χ1n) is 5.61. The summed E-state index contributed by atoms with van der Waals surface area (Å²) in [7, 11) is 0. The van der Waals surface area contributed by atoms with Gasteiger partial charge in [-0.25, -0.2) is 8.78 Å². The van der Waals surface area contributed by atoms with E-state index in [1.54, 1.807) is 18.2 Å². The smallest absolute Gasteiger partial charge is 0.255 e. The van der Waals surface area contributed by atoms with Crippen LogP contribution in [0.25, 0.3) is 0 Å². The highest BCUT2D eigenvalue weighted by Gasteiger charge is 2.36. The van der Waals surface area contributed by atoms with Crippen molar-refractivity contribution in [2.24, 2.45) is 0 Å². The van der Waals surface area contributed by atoms with Gasteiger partial charge >= 0.3 is 0 Å². The molecule has 1 aromatic carbocycles. The molecule has 1 aliphatic heterocycles. The summed E-state index contributed by atoms with van der Waals surface area (Å²) in [5, 5.41) is 0. The van der Waals surface area contributed by atoms with Crippen LogP contribution in [0.1, 0.15) is 23.2 Å². The van der Waals surface area contributed by atoms with Crippen molar-refractivity contribution in [3.05, 3.63) is 28.2 Å². The summed E-state index contributed by atoms with van der Waals surface area (Å²) in [6.45, 7) is 0.172. The Kier molecular flexibility index (Phi) is 3.56. The molecule has 98 valence electrons. The Labute approximate surface area is 112 Å². The average Bonchev–Trinajstić information content (AvgIpc) is 2.28. The SMILES string of the molecule is Nc1ccc(C(=O)N2CCC(F)(F)CC2)c(Br)c1. The van der Waals surface area contributed by atoms with E-state index in [-0.39, 0.29) is 31.8 Å². The third kappa shape index (κ3) is 2.80. The number of hydrogen-bond acceptors (Lipinski definition) is 2. The largest absolute Gasteiger partial charge is 0.399 e. The average molecular weight is 319 g/mol. The number of anilines is 1. The molecular formula is C12H13BrF2N2O. The number of amides is 1. The lowest BCUT2D eigenvalue weighted by Gasteiger charge is -2.32. The van der Waals surface area contributed by atoms with E-state index in [0.29, 0.717) is 15.7 Å². The fraction of sp³-hybridized carbons (Fsp3) is 0.417. The second kappa shape index (κ2) is 4.84. The van der Waals surface area contributed by atoms with Gasteiger partial charge in [0.05, 0.1) is 5.56 Å². The van der Waals surface area contributed by atoms with Crippen molar-refractivity contribution < 1.29 is 13.6 Å². The molecule has 0 radical (unpaired) electrons. The maximum absolute atomic E-state index is 13.0. The maximum atomic E-state index is 13.0. The molecule has 3 nitrogen and oxygen atoms in total. The van der Waals surface area contributed by atoms with E-state index in [1.165, 1.54) is 4.90 Å². The van der Waals surface area contributed by atoms with Crippen LogP contribution in [-0.2, 0) is 0 Å². The zero-order valence-corrected chi connectivity index (χ0v) is 11.2. The first-order chi connectivity index (χ1) is 8.39. The molecule has 1 aliphatic rings. The molecule has 1 saturated heterocycles. The Morgan fingerprint density at radius 1 is 1.33 bits per heavy atom. The van der Waals surface area contributed by atoms with E-state index in [4.69, 9.17) is 5.73 Å². The third-order valence-electron chi connectivity index (χ3n) is 3.01. The van der Waals surface area contributed by atoms with Gasteiger partial charge in [-0.3, -0.25) is 4.79 Å². The van der Waals surface area contributed by atoms with Gasteiger partial charge in [0, 0.05) is 36.1 Å². The van der Waals surface area contributed by atoms with Crippen LogP contribution in [0.2, 0.25) is 0 Å². The van der Waals surface area contributed by atoms with E-state index in [0.717, 1.165) is 0 Å². The first-order valence-corrected chi connectivity index (χ1v) is 6.40. The van der Waals surface area contributed by atoms with Crippen molar-refractivity contribution >= 4 is 27.5 Å². The number of piperidine rings is 1. The van der Waals surface area contributed by atoms with Crippen molar-refractivity contribution in [3.63, 3.8) is 0 Å². The lowest BCUT2D eigenvalue weighted by molar-refractivity contribution is -0.0494. The predicted molar refractivity (Wildman–Crippen MR) is 68.6 cm³/mol. The number of rotatable bonds is 1. The zero-order chi connectivity index (χ0) is 13.3. The number of carbonyl (C=O) groups excluding carboxylic acids is 1. The summed E-state index contributed by atoms with van der Waals surface area (Å²) < 4.78 is 26.6. The lowest BCUT2D eigenvalue weighted by atomic mass is 10.1. The van der Waals surface area contributed by atoms with Gasteiger partial charge < -0.3 is 10.6 Å². The Bertz CT molecular complexity index is 469. The molecule has 1 fully saturated rings. The molecule has 18 heavy (non-hydrogen) atoms. The number of halogens is 3. The van der Waals surface area contributed by atoms with Gasteiger partial charge in [0.2, 0.25) is 0 Å². The molecule has 1 heterocycles. The lowest BCUT2D eigenvalue weighted by Crippen LogP contribution is -2.42. The van der Waals surface area contributed by atoms with E-state index >= 15 is 0 Å². The van der Waals surface area contributed by atoms with Crippen LogP contribution in [0.5, 0.6) is 0 Å². The van der Waals surface area contributed by atoms with Crippen LogP contribution < -0.4 is 5.73 Å². The van der Waals surface area contributed by atoms with Gasteiger partial charge in [0.25, 0.3) is 11.8 Å². The number of carbonyl (C=O) groups is 1. The molecule has 0 unspecified atom stereocenters. The minimum Gasteiger partial charge on any atom is -0.399 e. The standard InChI is InChI=1S/C12H13BrF2N2O/c13-10-7-8(16)1-2-9(10)11(18)17-5-3-12(14,15)4-6-17/h1-2,7H,3-6,16H2. The molecule has 0 aromatic heterocycles. The number of nitrogens with two attached hydrogens (primary N) is 1. The Morgan fingerprint density at radius 3 is 2.50 bits per heavy atom. The van der Waals surface area contributed by atoms with Crippen molar-refractivity contribution in [2.75, 3.05) is 18.8 Å².